The van der Waals surface area contributed by atoms with Gasteiger partial charge in [-0.3, -0.25) is 4.98 Å². The van der Waals surface area contributed by atoms with E-state index in [0.29, 0.717) is 15.5 Å². The highest BCUT2D eigenvalue weighted by Gasteiger charge is 2.34. The summed E-state index contributed by atoms with van der Waals surface area (Å²) in [5, 5.41) is 1.28. The van der Waals surface area contributed by atoms with Gasteiger partial charge in [0.1, 0.15) is 0 Å². The molecule has 160 valence electrons. The molecule has 0 radical (unpaired) electrons. The Balaban J connectivity index is 2.08. The molecular weight excluding hydrogens is 405 g/mol. The van der Waals surface area contributed by atoms with Crippen LogP contribution in [0.25, 0.3) is 0 Å². The highest BCUT2D eigenvalue weighted by atomic mass is 35.5. The molecule has 0 saturated heterocycles. The number of nitrogens with zero attached hydrogens (tertiary/aromatic N) is 1. The number of pyridine rings is 1. The van der Waals surface area contributed by atoms with Crippen LogP contribution in [0.2, 0.25) is 28.2 Å². The fourth-order valence-electron chi connectivity index (χ4n) is 4.63. The molecule has 5 heteroatoms. The lowest BCUT2D eigenvalue weighted by Gasteiger charge is -2.36. The molecule has 2 rings (SSSR count). The molecule has 0 amide bonds. The van der Waals surface area contributed by atoms with E-state index in [2.05, 4.69) is 39.6 Å². The van der Waals surface area contributed by atoms with E-state index in [9.17, 15) is 0 Å². The minimum absolute atomic E-state index is 0.00505. The van der Waals surface area contributed by atoms with Gasteiger partial charge in [0.25, 0.3) is 0 Å². The number of halogens is 2. The molecule has 1 fully saturated rings. The van der Waals surface area contributed by atoms with Crippen LogP contribution in [0, 0.1) is 11.3 Å². The Morgan fingerprint density at radius 3 is 2.11 bits per heavy atom. The van der Waals surface area contributed by atoms with Gasteiger partial charge in [0.2, 0.25) is 0 Å². The summed E-state index contributed by atoms with van der Waals surface area (Å²) in [6, 6.07) is 3.40. The van der Waals surface area contributed by atoms with Crippen molar-refractivity contribution in [1.29, 1.82) is 0 Å². The Hall–Kier alpha value is -0.0931. The van der Waals surface area contributed by atoms with Gasteiger partial charge in [-0.15, -0.1) is 0 Å². The predicted molar refractivity (Wildman–Crippen MR) is 125 cm³/mol. The van der Waals surface area contributed by atoms with E-state index in [1.165, 1.54) is 38.5 Å². The first-order valence-corrected chi connectivity index (χ1v) is 14.5. The summed E-state index contributed by atoms with van der Waals surface area (Å²) < 4.78 is 6.90. The van der Waals surface area contributed by atoms with Crippen molar-refractivity contribution in [2.75, 3.05) is 0 Å². The van der Waals surface area contributed by atoms with Crippen molar-refractivity contribution < 1.29 is 4.43 Å². The molecule has 0 spiro atoms. The van der Waals surface area contributed by atoms with Gasteiger partial charge in [0.05, 0.1) is 16.1 Å². The predicted octanol–water partition coefficient (Wildman–Crippen LogP) is 8.84. The summed E-state index contributed by atoms with van der Waals surface area (Å²) in [6.45, 7) is 11.6. The minimum atomic E-state index is -1.76. The van der Waals surface area contributed by atoms with Crippen LogP contribution in [0.15, 0.2) is 12.4 Å². The fraction of sp³-hybridized carbons (Fsp3) is 0.783. The van der Waals surface area contributed by atoms with Crippen molar-refractivity contribution in [3.8, 4) is 0 Å². The van der Waals surface area contributed by atoms with Crippen LogP contribution in [-0.4, -0.2) is 13.3 Å². The first kappa shape index (κ1) is 24.2. The zero-order valence-corrected chi connectivity index (χ0v) is 21.0. The Morgan fingerprint density at radius 2 is 1.61 bits per heavy atom. The quantitative estimate of drug-likeness (QED) is 0.336. The molecule has 1 atom stereocenters. The third-order valence-electron chi connectivity index (χ3n) is 7.08. The number of rotatable bonds is 10. The Labute approximate surface area is 183 Å². The molecule has 1 saturated carbocycles. The summed E-state index contributed by atoms with van der Waals surface area (Å²) >= 11 is 13.1. The number of aromatic nitrogens is 1. The highest BCUT2D eigenvalue weighted by molar-refractivity contribution is 6.73. The topological polar surface area (TPSA) is 22.1 Å². The molecule has 28 heavy (non-hydrogen) atoms. The van der Waals surface area contributed by atoms with Crippen LogP contribution in [0.5, 0.6) is 0 Å². The molecule has 1 aliphatic rings. The van der Waals surface area contributed by atoms with Crippen LogP contribution in [-0.2, 0) is 4.43 Å². The van der Waals surface area contributed by atoms with Crippen molar-refractivity contribution in [3.63, 3.8) is 0 Å². The van der Waals surface area contributed by atoms with Crippen molar-refractivity contribution in [1.82, 2.24) is 4.98 Å². The SMILES string of the molecule is CC[Si](CC)(CC)OC(CCCC1CCC(C)(C)CC1)c1c(Cl)cncc1Cl. The second-order valence-electron chi connectivity index (χ2n) is 9.41. The van der Waals surface area contributed by atoms with Crippen molar-refractivity contribution in [3.05, 3.63) is 28.0 Å². The Morgan fingerprint density at radius 1 is 1.07 bits per heavy atom. The summed E-state index contributed by atoms with van der Waals surface area (Å²) in [5.74, 6) is 0.864. The van der Waals surface area contributed by atoms with Crippen molar-refractivity contribution in [2.24, 2.45) is 11.3 Å². The molecule has 1 unspecified atom stereocenters. The van der Waals surface area contributed by atoms with Gasteiger partial charge < -0.3 is 4.43 Å². The van der Waals surface area contributed by atoms with Crippen LogP contribution in [0.3, 0.4) is 0 Å². The molecule has 2 nitrogen and oxygen atoms in total. The average Bonchev–Trinajstić information content (AvgIpc) is 2.67. The molecule has 0 N–H and O–H groups in total. The lowest BCUT2D eigenvalue weighted by molar-refractivity contribution is 0.157. The van der Waals surface area contributed by atoms with Gasteiger partial charge in [-0.1, -0.05) is 70.7 Å². The van der Waals surface area contributed by atoms with E-state index < -0.39 is 8.32 Å². The molecule has 1 aliphatic carbocycles. The third kappa shape index (κ3) is 6.45. The zero-order chi connectivity index (χ0) is 20.8. The van der Waals surface area contributed by atoms with Gasteiger partial charge in [0.15, 0.2) is 8.32 Å². The minimum Gasteiger partial charge on any atom is -0.410 e. The van der Waals surface area contributed by atoms with E-state index in [1.54, 1.807) is 12.4 Å². The van der Waals surface area contributed by atoms with E-state index in [1.807, 2.05) is 0 Å². The Kier molecular flexibility index (Phi) is 9.32. The molecule has 1 aromatic rings. The van der Waals surface area contributed by atoms with Gasteiger partial charge >= 0.3 is 0 Å². The second-order valence-corrected chi connectivity index (χ2v) is 14.9. The van der Waals surface area contributed by atoms with Crippen LogP contribution < -0.4 is 0 Å². The number of hydrogen-bond donors (Lipinski definition) is 0. The van der Waals surface area contributed by atoms with Crippen molar-refractivity contribution >= 4 is 31.5 Å². The maximum absolute atomic E-state index is 6.90. The fourth-order valence-corrected chi connectivity index (χ4v) is 8.08. The normalized spacial score (nSPS) is 19.0. The number of hydrogen-bond acceptors (Lipinski definition) is 2. The second kappa shape index (κ2) is 10.8. The standard InChI is InChI=1S/C23H39Cl2NOSi/c1-6-28(7-2,8-3)27-21(22-19(24)16-26-17-20(22)25)11-9-10-18-12-14-23(4,5)15-13-18/h16-18,21H,6-15H2,1-5H3. The summed E-state index contributed by atoms with van der Waals surface area (Å²) in [4.78, 5) is 4.14. The molecule has 1 aromatic heterocycles. The smallest absolute Gasteiger partial charge is 0.192 e. The first-order valence-electron chi connectivity index (χ1n) is 11.2. The van der Waals surface area contributed by atoms with Gasteiger partial charge in [-0.25, -0.2) is 0 Å². The maximum atomic E-state index is 6.90. The molecular formula is C23H39Cl2NOSi. The summed E-state index contributed by atoms with van der Waals surface area (Å²) in [7, 11) is -1.76. The first-order chi connectivity index (χ1) is 13.3. The maximum Gasteiger partial charge on any atom is 0.192 e. The largest absolute Gasteiger partial charge is 0.410 e. The zero-order valence-electron chi connectivity index (χ0n) is 18.5. The van der Waals surface area contributed by atoms with E-state index in [0.717, 1.165) is 36.0 Å². The van der Waals surface area contributed by atoms with Crippen molar-refractivity contribution in [2.45, 2.75) is 104 Å². The van der Waals surface area contributed by atoms with Crippen LogP contribution in [0.1, 0.15) is 91.2 Å². The highest BCUT2D eigenvalue weighted by Crippen LogP contribution is 2.42. The van der Waals surface area contributed by atoms with Crippen LogP contribution in [0.4, 0.5) is 0 Å². The lowest BCUT2D eigenvalue weighted by Crippen LogP contribution is -2.37. The third-order valence-corrected chi connectivity index (χ3v) is 12.3. The van der Waals surface area contributed by atoms with E-state index in [-0.39, 0.29) is 6.10 Å². The molecule has 0 aliphatic heterocycles. The molecule has 0 bridgehead atoms. The summed E-state index contributed by atoms with van der Waals surface area (Å²) in [5.41, 5.74) is 1.49. The molecule has 0 aromatic carbocycles. The molecule has 1 heterocycles. The van der Waals surface area contributed by atoms with Gasteiger partial charge in [0, 0.05) is 18.0 Å². The van der Waals surface area contributed by atoms with E-state index >= 15 is 0 Å². The average molecular weight is 445 g/mol. The summed E-state index contributed by atoms with van der Waals surface area (Å²) in [6.07, 6.45) is 12.3. The van der Waals surface area contributed by atoms with Gasteiger partial charge in [-0.05, 0) is 61.6 Å². The monoisotopic (exact) mass is 443 g/mol. The van der Waals surface area contributed by atoms with Gasteiger partial charge in [-0.2, -0.15) is 0 Å². The lowest BCUT2D eigenvalue weighted by atomic mass is 9.72. The van der Waals surface area contributed by atoms with E-state index in [4.69, 9.17) is 27.6 Å². The van der Waals surface area contributed by atoms with Crippen LogP contribution >= 0.6 is 23.2 Å². The Bertz CT molecular complexity index is 580.